The number of hydrogen-bond acceptors (Lipinski definition) is 8. The maximum Gasteiger partial charge on any atom is 0.407 e. The SMILES string of the molecule is NCCOCCOCCNC(=O)[C@H](CNC(=O)O[C@H]1CC/C=C/CCC1)S(=O)(=O)O. The Hall–Kier alpha value is -1.73. The minimum absolute atomic E-state index is 0.0295. The largest absolute Gasteiger partial charge is 0.446 e. The summed E-state index contributed by atoms with van der Waals surface area (Å²) < 4.78 is 48.0. The molecular formula is C18H33N3O8S. The van der Waals surface area contributed by atoms with Gasteiger partial charge in [-0.1, -0.05) is 12.2 Å². The number of amides is 2. The summed E-state index contributed by atoms with van der Waals surface area (Å²) in [4.78, 5) is 24.1. The average molecular weight is 452 g/mol. The van der Waals surface area contributed by atoms with Gasteiger partial charge in [-0.2, -0.15) is 8.42 Å². The fraction of sp³-hybridized carbons (Fsp3) is 0.778. The predicted octanol–water partition coefficient (Wildman–Crippen LogP) is -0.0340. The Bertz CT molecular complexity index is 641. The highest BCUT2D eigenvalue weighted by Gasteiger charge is 2.31. The molecule has 174 valence electrons. The molecule has 0 radical (unpaired) electrons. The van der Waals surface area contributed by atoms with E-state index in [-0.39, 0.29) is 19.3 Å². The van der Waals surface area contributed by atoms with Crippen molar-refractivity contribution in [3.63, 3.8) is 0 Å². The summed E-state index contributed by atoms with van der Waals surface area (Å²) in [6.45, 7) is 1.02. The van der Waals surface area contributed by atoms with Crippen molar-refractivity contribution >= 4 is 22.1 Å². The van der Waals surface area contributed by atoms with E-state index in [1.165, 1.54) is 0 Å². The minimum Gasteiger partial charge on any atom is -0.446 e. The Morgan fingerprint density at radius 3 is 2.47 bits per heavy atom. The fourth-order valence-electron chi connectivity index (χ4n) is 2.71. The van der Waals surface area contributed by atoms with Crippen molar-refractivity contribution in [2.24, 2.45) is 5.73 Å². The molecule has 1 rings (SSSR count). The maximum atomic E-state index is 12.1. The number of allylic oxidation sites excluding steroid dienone is 2. The van der Waals surface area contributed by atoms with Gasteiger partial charge in [0.25, 0.3) is 10.1 Å². The van der Waals surface area contributed by atoms with Crippen LogP contribution in [0.2, 0.25) is 0 Å². The van der Waals surface area contributed by atoms with Crippen molar-refractivity contribution in [2.75, 3.05) is 46.1 Å². The van der Waals surface area contributed by atoms with Gasteiger partial charge in [0.2, 0.25) is 5.91 Å². The van der Waals surface area contributed by atoms with E-state index in [4.69, 9.17) is 19.9 Å². The topological polar surface area (TPSA) is 166 Å². The highest BCUT2D eigenvalue weighted by atomic mass is 32.2. The molecule has 5 N–H and O–H groups in total. The van der Waals surface area contributed by atoms with Gasteiger partial charge in [-0.05, 0) is 32.1 Å². The second kappa shape index (κ2) is 15.1. The summed E-state index contributed by atoms with van der Waals surface area (Å²) in [5.41, 5.74) is 5.27. The molecule has 0 fully saturated rings. The molecule has 1 aliphatic carbocycles. The Balaban J connectivity index is 2.35. The third-order valence-corrected chi connectivity index (χ3v) is 5.36. The van der Waals surface area contributed by atoms with E-state index in [2.05, 4.69) is 16.7 Å². The van der Waals surface area contributed by atoms with Crippen LogP contribution >= 0.6 is 0 Å². The van der Waals surface area contributed by atoms with E-state index in [9.17, 15) is 22.6 Å². The Kier molecular flexibility index (Phi) is 13.3. The number of hydrogen-bond donors (Lipinski definition) is 4. The molecule has 0 unspecified atom stereocenters. The van der Waals surface area contributed by atoms with Crippen LogP contribution in [0.1, 0.15) is 32.1 Å². The van der Waals surface area contributed by atoms with Gasteiger partial charge >= 0.3 is 6.09 Å². The van der Waals surface area contributed by atoms with Crippen LogP contribution in [0.25, 0.3) is 0 Å². The first-order valence-corrected chi connectivity index (χ1v) is 11.5. The fourth-order valence-corrected chi connectivity index (χ4v) is 3.36. The predicted molar refractivity (Wildman–Crippen MR) is 110 cm³/mol. The van der Waals surface area contributed by atoms with Crippen LogP contribution in [0.5, 0.6) is 0 Å². The lowest BCUT2D eigenvalue weighted by molar-refractivity contribution is -0.120. The molecule has 12 heteroatoms. The van der Waals surface area contributed by atoms with Crippen molar-refractivity contribution in [1.29, 1.82) is 0 Å². The van der Waals surface area contributed by atoms with E-state index in [0.29, 0.717) is 39.2 Å². The minimum atomic E-state index is -4.73. The van der Waals surface area contributed by atoms with Crippen LogP contribution in [0, 0.1) is 0 Å². The van der Waals surface area contributed by atoms with Crippen LogP contribution in [0.4, 0.5) is 4.79 Å². The summed E-state index contributed by atoms with van der Waals surface area (Å²) in [5, 5.41) is 2.75. The molecule has 0 aromatic heterocycles. The molecule has 0 aromatic carbocycles. The van der Waals surface area contributed by atoms with Gasteiger partial charge in [-0.15, -0.1) is 0 Å². The zero-order valence-electron chi connectivity index (χ0n) is 17.1. The van der Waals surface area contributed by atoms with E-state index in [0.717, 1.165) is 19.3 Å². The van der Waals surface area contributed by atoms with E-state index >= 15 is 0 Å². The van der Waals surface area contributed by atoms with Crippen LogP contribution < -0.4 is 16.4 Å². The normalized spacial score (nSPS) is 19.2. The smallest absolute Gasteiger partial charge is 0.407 e. The second-order valence-electron chi connectivity index (χ2n) is 6.70. The molecule has 2 amide bonds. The standard InChI is InChI=1S/C18H33N3O8S/c19-8-10-27-12-13-28-11-9-20-17(22)16(30(24,25)26)14-21-18(23)29-15-6-4-2-1-3-5-7-15/h1-2,15-16H,3-14,19H2,(H,20,22)(H,21,23)(H,24,25,26)/b2-1+/t15-,16-/m0/s1. The first kappa shape index (κ1) is 26.3. The molecule has 11 nitrogen and oxygen atoms in total. The van der Waals surface area contributed by atoms with Gasteiger partial charge in [0, 0.05) is 19.6 Å². The van der Waals surface area contributed by atoms with Crippen LogP contribution in [0.15, 0.2) is 12.2 Å². The van der Waals surface area contributed by atoms with Gasteiger partial charge < -0.3 is 30.6 Å². The van der Waals surface area contributed by atoms with Crippen molar-refractivity contribution in [1.82, 2.24) is 10.6 Å². The number of carbonyl (C=O) groups is 2. The molecule has 0 bridgehead atoms. The third kappa shape index (κ3) is 12.1. The van der Waals surface area contributed by atoms with E-state index < -0.39 is 33.9 Å². The number of ether oxygens (including phenoxy) is 3. The van der Waals surface area contributed by atoms with Crippen LogP contribution in [0.3, 0.4) is 0 Å². The molecule has 0 heterocycles. The summed E-state index contributed by atoms with van der Waals surface area (Å²) >= 11 is 0. The summed E-state index contributed by atoms with van der Waals surface area (Å²) in [7, 11) is -4.73. The van der Waals surface area contributed by atoms with Gasteiger partial charge in [-0.25, -0.2) is 4.79 Å². The second-order valence-corrected chi connectivity index (χ2v) is 8.29. The van der Waals surface area contributed by atoms with Crippen LogP contribution in [-0.4, -0.2) is 82.4 Å². The monoisotopic (exact) mass is 451 g/mol. The number of nitrogens with two attached hydrogens (primary N) is 1. The van der Waals surface area contributed by atoms with Crippen molar-refractivity contribution < 1.29 is 36.8 Å². The number of carbonyl (C=O) groups excluding carboxylic acids is 2. The number of nitrogens with one attached hydrogen (secondary N) is 2. The lowest BCUT2D eigenvalue weighted by Gasteiger charge is -2.20. The van der Waals surface area contributed by atoms with Crippen molar-refractivity contribution in [2.45, 2.75) is 43.5 Å². The molecule has 0 saturated heterocycles. The molecule has 0 aliphatic heterocycles. The third-order valence-electron chi connectivity index (χ3n) is 4.26. The van der Waals surface area contributed by atoms with Gasteiger partial charge in [0.1, 0.15) is 6.10 Å². The zero-order chi connectivity index (χ0) is 22.2. The van der Waals surface area contributed by atoms with Gasteiger partial charge in [0.15, 0.2) is 5.25 Å². The molecule has 2 atom stereocenters. The van der Waals surface area contributed by atoms with Crippen molar-refractivity contribution in [3.8, 4) is 0 Å². The highest BCUT2D eigenvalue weighted by Crippen LogP contribution is 2.15. The molecule has 0 aromatic rings. The Morgan fingerprint density at radius 2 is 1.77 bits per heavy atom. The average Bonchev–Trinajstić information content (AvgIpc) is 2.65. The Labute approximate surface area is 177 Å². The summed E-state index contributed by atoms with van der Waals surface area (Å²) in [6, 6.07) is 0. The van der Waals surface area contributed by atoms with Gasteiger partial charge in [0.05, 0.1) is 26.4 Å². The zero-order valence-corrected chi connectivity index (χ0v) is 17.9. The molecule has 0 saturated carbocycles. The molecule has 30 heavy (non-hydrogen) atoms. The Morgan fingerprint density at radius 1 is 1.07 bits per heavy atom. The van der Waals surface area contributed by atoms with Crippen molar-refractivity contribution in [3.05, 3.63) is 12.2 Å². The lowest BCUT2D eigenvalue weighted by atomic mass is 10.0. The molecule has 0 spiro atoms. The van der Waals surface area contributed by atoms with E-state index in [1.54, 1.807) is 0 Å². The summed E-state index contributed by atoms with van der Waals surface area (Å²) in [6.07, 6.45) is 6.97. The lowest BCUT2D eigenvalue weighted by Crippen LogP contribution is -2.48. The first-order chi connectivity index (χ1) is 14.3. The maximum absolute atomic E-state index is 12.1. The van der Waals surface area contributed by atoms with E-state index in [1.807, 2.05) is 6.08 Å². The molecule has 1 aliphatic rings. The molecular weight excluding hydrogens is 418 g/mol. The van der Waals surface area contributed by atoms with Gasteiger partial charge in [-0.3, -0.25) is 9.35 Å². The summed E-state index contributed by atoms with van der Waals surface area (Å²) in [5.74, 6) is -0.947. The number of rotatable bonds is 13. The van der Waals surface area contributed by atoms with Crippen LogP contribution in [-0.2, 0) is 29.1 Å². The first-order valence-electron chi connectivity index (χ1n) is 10.0. The quantitative estimate of drug-likeness (QED) is 0.171. The highest BCUT2D eigenvalue weighted by molar-refractivity contribution is 7.87. The number of alkyl carbamates (subject to hydrolysis) is 1.